The van der Waals surface area contributed by atoms with Gasteiger partial charge >= 0.3 is 0 Å². The van der Waals surface area contributed by atoms with Gasteiger partial charge in [0, 0.05) is 31.1 Å². The third kappa shape index (κ3) is 5.33. The zero-order chi connectivity index (χ0) is 14.9. The Kier molecular flexibility index (Phi) is 6.44. The van der Waals surface area contributed by atoms with Crippen LogP contribution >= 0.6 is 0 Å². The predicted molar refractivity (Wildman–Crippen MR) is 83.0 cm³/mol. The lowest BCUT2D eigenvalue weighted by molar-refractivity contribution is 0.103. The number of nitrogens with zero attached hydrogens (tertiary/aromatic N) is 1. The number of nitrogens with one attached hydrogen (secondary N) is 1. The van der Waals surface area contributed by atoms with Crippen LogP contribution < -0.4 is 5.32 Å². The van der Waals surface area contributed by atoms with Crippen LogP contribution in [0.5, 0.6) is 0 Å². The maximum Gasteiger partial charge on any atom is 0.130 e. The summed E-state index contributed by atoms with van der Waals surface area (Å²) in [6.07, 6.45) is 5.68. The summed E-state index contributed by atoms with van der Waals surface area (Å²) < 4.78 is 11.4. The summed E-state index contributed by atoms with van der Waals surface area (Å²) in [6, 6.07) is 6.17. The van der Waals surface area contributed by atoms with E-state index in [1.165, 1.54) is 11.1 Å². The number of rotatable bonds is 9. The highest BCUT2D eigenvalue weighted by molar-refractivity contribution is 5.20. The molecule has 2 heterocycles. The summed E-state index contributed by atoms with van der Waals surface area (Å²) in [7, 11) is 0. The fourth-order valence-electron chi connectivity index (χ4n) is 2.19. The summed E-state index contributed by atoms with van der Waals surface area (Å²) in [6.45, 7) is 7.20. The molecule has 0 aliphatic carbocycles. The van der Waals surface area contributed by atoms with Crippen molar-refractivity contribution in [2.45, 2.75) is 39.8 Å². The molecular weight excluding hydrogens is 264 g/mol. The van der Waals surface area contributed by atoms with Gasteiger partial charge in [0.2, 0.25) is 0 Å². The molecule has 0 saturated carbocycles. The molecule has 1 N–H and O–H groups in total. The molecule has 4 heteroatoms. The molecular formula is C17H24N2O2. The third-order valence-electron chi connectivity index (χ3n) is 3.38. The first-order valence-corrected chi connectivity index (χ1v) is 7.55. The minimum absolute atomic E-state index is 0.545. The molecule has 2 rings (SSSR count). The molecule has 0 aliphatic heterocycles. The number of hydrogen-bond donors (Lipinski definition) is 1. The second-order valence-corrected chi connectivity index (χ2v) is 5.09. The van der Waals surface area contributed by atoms with E-state index in [0.29, 0.717) is 6.61 Å². The lowest BCUT2D eigenvalue weighted by Gasteiger charge is -2.02. The van der Waals surface area contributed by atoms with E-state index < -0.39 is 0 Å². The molecule has 0 radical (unpaired) electrons. The Morgan fingerprint density at radius 1 is 1.29 bits per heavy atom. The number of pyridine rings is 1. The molecule has 2 aromatic heterocycles. The average molecular weight is 288 g/mol. The standard InChI is InChI=1S/C17H24N2O2/c1-3-18-12-16-11-17(21-14(16)2)13-20-10-4-5-15-6-8-19-9-7-15/h6-9,11,18H,3-5,10,12-13H2,1-2H3. The van der Waals surface area contributed by atoms with Gasteiger partial charge in [-0.1, -0.05) is 6.92 Å². The van der Waals surface area contributed by atoms with Crippen LogP contribution in [0.1, 0.15) is 36.0 Å². The highest BCUT2D eigenvalue weighted by atomic mass is 16.5. The van der Waals surface area contributed by atoms with E-state index in [9.17, 15) is 0 Å². The first-order valence-electron chi connectivity index (χ1n) is 7.55. The van der Waals surface area contributed by atoms with Crippen LogP contribution in [0, 0.1) is 6.92 Å². The Bertz CT molecular complexity index is 523. The highest BCUT2D eigenvalue weighted by Crippen LogP contribution is 2.15. The van der Waals surface area contributed by atoms with Crippen LogP contribution in [0.25, 0.3) is 0 Å². The normalized spacial score (nSPS) is 11.0. The molecule has 0 unspecified atom stereocenters. The van der Waals surface area contributed by atoms with E-state index in [4.69, 9.17) is 9.15 Å². The zero-order valence-corrected chi connectivity index (χ0v) is 12.9. The van der Waals surface area contributed by atoms with Gasteiger partial charge in [-0.05, 0) is 50.1 Å². The number of aromatic nitrogens is 1. The summed E-state index contributed by atoms with van der Waals surface area (Å²) >= 11 is 0. The van der Waals surface area contributed by atoms with E-state index in [-0.39, 0.29) is 0 Å². The summed E-state index contributed by atoms with van der Waals surface area (Å²) in [5.41, 5.74) is 2.52. The van der Waals surface area contributed by atoms with E-state index in [1.807, 2.05) is 31.5 Å². The Balaban J connectivity index is 1.66. The molecule has 0 aromatic carbocycles. The van der Waals surface area contributed by atoms with Crippen molar-refractivity contribution in [1.82, 2.24) is 10.3 Å². The van der Waals surface area contributed by atoms with Crippen molar-refractivity contribution in [1.29, 1.82) is 0 Å². The highest BCUT2D eigenvalue weighted by Gasteiger charge is 2.06. The van der Waals surface area contributed by atoms with Gasteiger partial charge in [-0.3, -0.25) is 4.98 Å². The molecule has 0 spiro atoms. The molecule has 4 nitrogen and oxygen atoms in total. The maximum absolute atomic E-state index is 5.70. The molecule has 0 fully saturated rings. The smallest absolute Gasteiger partial charge is 0.130 e. The SMILES string of the molecule is CCNCc1cc(COCCCc2ccncc2)oc1C. The number of ether oxygens (including phenoxy) is 1. The van der Waals surface area contributed by atoms with Crippen LogP contribution in [0.3, 0.4) is 0 Å². The molecule has 0 bridgehead atoms. The van der Waals surface area contributed by atoms with Gasteiger partial charge in [-0.25, -0.2) is 0 Å². The molecule has 0 saturated heterocycles. The van der Waals surface area contributed by atoms with Crippen molar-refractivity contribution >= 4 is 0 Å². The van der Waals surface area contributed by atoms with Crippen LogP contribution in [0.15, 0.2) is 35.0 Å². The largest absolute Gasteiger partial charge is 0.464 e. The third-order valence-corrected chi connectivity index (χ3v) is 3.38. The Labute approximate surface area is 126 Å². The number of aryl methyl sites for hydroxylation is 2. The fourth-order valence-corrected chi connectivity index (χ4v) is 2.19. The van der Waals surface area contributed by atoms with Gasteiger partial charge < -0.3 is 14.5 Å². The molecule has 2 aromatic rings. The second kappa shape index (κ2) is 8.60. The van der Waals surface area contributed by atoms with Crippen molar-refractivity contribution in [2.24, 2.45) is 0 Å². The molecule has 0 aliphatic rings. The quantitative estimate of drug-likeness (QED) is 0.720. The van der Waals surface area contributed by atoms with Crippen molar-refractivity contribution < 1.29 is 9.15 Å². The maximum atomic E-state index is 5.70. The van der Waals surface area contributed by atoms with Crippen LogP contribution in [0.4, 0.5) is 0 Å². The summed E-state index contributed by atoms with van der Waals surface area (Å²) in [5.74, 6) is 1.88. The topological polar surface area (TPSA) is 47.3 Å². The van der Waals surface area contributed by atoms with E-state index in [0.717, 1.165) is 44.1 Å². The molecule has 0 amide bonds. The van der Waals surface area contributed by atoms with E-state index in [2.05, 4.69) is 23.3 Å². The Morgan fingerprint density at radius 2 is 2.10 bits per heavy atom. The lowest BCUT2D eigenvalue weighted by Crippen LogP contribution is -2.11. The first kappa shape index (κ1) is 15.7. The number of furan rings is 1. The van der Waals surface area contributed by atoms with Crippen molar-refractivity contribution in [3.05, 3.63) is 53.2 Å². The lowest BCUT2D eigenvalue weighted by atomic mass is 10.1. The second-order valence-electron chi connectivity index (χ2n) is 5.09. The number of hydrogen-bond acceptors (Lipinski definition) is 4. The van der Waals surface area contributed by atoms with Gasteiger partial charge in [0.25, 0.3) is 0 Å². The summed E-state index contributed by atoms with van der Waals surface area (Å²) in [4.78, 5) is 4.01. The average Bonchev–Trinajstić information content (AvgIpc) is 2.86. The Morgan fingerprint density at radius 3 is 2.86 bits per heavy atom. The van der Waals surface area contributed by atoms with Crippen LogP contribution in [0.2, 0.25) is 0 Å². The fraction of sp³-hybridized carbons (Fsp3) is 0.471. The first-order chi connectivity index (χ1) is 10.3. The van der Waals surface area contributed by atoms with Gasteiger partial charge in [0.1, 0.15) is 18.1 Å². The van der Waals surface area contributed by atoms with Crippen molar-refractivity contribution in [3.63, 3.8) is 0 Å². The monoisotopic (exact) mass is 288 g/mol. The van der Waals surface area contributed by atoms with E-state index >= 15 is 0 Å². The molecule has 114 valence electrons. The van der Waals surface area contributed by atoms with E-state index in [1.54, 1.807) is 0 Å². The minimum Gasteiger partial charge on any atom is -0.464 e. The predicted octanol–water partition coefficient (Wildman–Crippen LogP) is 3.24. The van der Waals surface area contributed by atoms with Gasteiger partial charge in [0.05, 0.1) is 0 Å². The van der Waals surface area contributed by atoms with Crippen molar-refractivity contribution in [3.8, 4) is 0 Å². The van der Waals surface area contributed by atoms with Gasteiger partial charge in [0.15, 0.2) is 0 Å². The summed E-state index contributed by atoms with van der Waals surface area (Å²) in [5, 5.41) is 3.31. The van der Waals surface area contributed by atoms with Crippen LogP contribution in [-0.4, -0.2) is 18.1 Å². The van der Waals surface area contributed by atoms with Crippen LogP contribution in [-0.2, 0) is 24.3 Å². The Hall–Kier alpha value is -1.65. The minimum atomic E-state index is 0.545. The zero-order valence-electron chi connectivity index (χ0n) is 12.9. The van der Waals surface area contributed by atoms with Crippen molar-refractivity contribution in [2.75, 3.05) is 13.2 Å². The van der Waals surface area contributed by atoms with Gasteiger partial charge in [-0.15, -0.1) is 0 Å². The molecule has 0 atom stereocenters. The van der Waals surface area contributed by atoms with Gasteiger partial charge in [-0.2, -0.15) is 0 Å². The molecule has 21 heavy (non-hydrogen) atoms.